The summed E-state index contributed by atoms with van der Waals surface area (Å²) in [6, 6.07) is 6.29. The Kier molecular flexibility index (Phi) is 1.96. The first-order valence-electron chi connectivity index (χ1n) is 4.40. The predicted octanol–water partition coefficient (Wildman–Crippen LogP) is 2.80. The van der Waals surface area contributed by atoms with Crippen LogP contribution in [0.5, 0.6) is 0 Å². The molecule has 1 N–H and O–H groups in total. The zero-order valence-corrected chi connectivity index (χ0v) is 8.61. The zero-order chi connectivity index (χ0) is 9.42. The van der Waals surface area contributed by atoms with Crippen molar-refractivity contribution in [1.82, 2.24) is 9.55 Å². The van der Waals surface area contributed by atoms with Crippen LogP contribution in [0.4, 0.5) is 0 Å². The number of para-hydroxylation sites is 1. The highest BCUT2D eigenvalue weighted by atomic mass is 32.1. The van der Waals surface area contributed by atoms with Crippen LogP contribution >= 0.6 is 12.2 Å². The highest BCUT2D eigenvalue weighted by Crippen LogP contribution is 2.17. The molecule has 0 aliphatic heterocycles. The maximum absolute atomic E-state index is 5.17. The monoisotopic (exact) mass is 192 g/mol. The third kappa shape index (κ3) is 1.20. The number of H-pyrrole nitrogens is 1. The lowest BCUT2D eigenvalue weighted by atomic mass is 10.1. The third-order valence-electron chi connectivity index (χ3n) is 2.41. The average Bonchev–Trinajstić information content (AvgIpc) is 2.43. The Labute approximate surface area is 82.2 Å². The minimum Gasteiger partial charge on any atom is -0.330 e. The smallest absolute Gasteiger partial charge is 0.177 e. The second-order valence-electron chi connectivity index (χ2n) is 3.15. The first-order chi connectivity index (χ1) is 6.24. The molecular weight excluding hydrogens is 180 g/mol. The number of nitrogens with one attached hydrogen (secondary N) is 1. The number of aromatic nitrogens is 2. The molecule has 68 valence electrons. The van der Waals surface area contributed by atoms with Gasteiger partial charge in [-0.3, -0.25) is 0 Å². The first-order valence-corrected chi connectivity index (χ1v) is 4.81. The van der Waals surface area contributed by atoms with Crippen molar-refractivity contribution in [1.29, 1.82) is 0 Å². The molecule has 3 heteroatoms. The van der Waals surface area contributed by atoms with E-state index >= 15 is 0 Å². The lowest BCUT2D eigenvalue weighted by Crippen LogP contribution is -1.86. The van der Waals surface area contributed by atoms with Crippen LogP contribution in [0, 0.1) is 4.77 Å². The van der Waals surface area contributed by atoms with Gasteiger partial charge in [0, 0.05) is 7.05 Å². The minimum atomic E-state index is 0.788. The van der Waals surface area contributed by atoms with E-state index in [2.05, 4.69) is 30.1 Å². The van der Waals surface area contributed by atoms with Gasteiger partial charge in [-0.05, 0) is 30.3 Å². The van der Waals surface area contributed by atoms with Gasteiger partial charge in [-0.1, -0.05) is 19.1 Å². The summed E-state index contributed by atoms with van der Waals surface area (Å²) in [6.45, 7) is 2.15. The summed E-state index contributed by atoms with van der Waals surface area (Å²) in [5.74, 6) is 0. The summed E-state index contributed by atoms with van der Waals surface area (Å²) in [4.78, 5) is 3.22. The Balaban J connectivity index is 2.92. The molecule has 0 saturated carbocycles. The van der Waals surface area contributed by atoms with Crippen LogP contribution in [0.3, 0.4) is 0 Å². The molecule has 0 amide bonds. The Morgan fingerprint density at radius 1 is 1.46 bits per heavy atom. The van der Waals surface area contributed by atoms with Crippen molar-refractivity contribution < 1.29 is 0 Å². The van der Waals surface area contributed by atoms with Crippen LogP contribution in [0.15, 0.2) is 18.2 Å². The highest BCUT2D eigenvalue weighted by molar-refractivity contribution is 7.71. The first kappa shape index (κ1) is 8.51. The van der Waals surface area contributed by atoms with Gasteiger partial charge in [0.25, 0.3) is 0 Å². The summed E-state index contributed by atoms with van der Waals surface area (Å²) in [5, 5.41) is 0. The SMILES string of the molecule is CCc1cccc2c1[nH]c(=S)n2C. The van der Waals surface area contributed by atoms with Crippen LogP contribution in [-0.2, 0) is 13.5 Å². The van der Waals surface area contributed by atoms with E-state index in [0.29, 0.717) is 0 Å². The van der Waals surface area contributed by atoms with Gasteiger partial charge in [0.2, 0.25) is 0 Å². The molecule has 2 aromatic rings. The van der Waals surface area contributed by atoms with Gasteiger partial charge in [-0.15, -0.1) is 0 Å². The predicted molar refractivity (Wildman–Crippen MR) is 57.5 cm³/mol. The number of hydrogen-bond donors (Lipinski definition) is 1. The van der Waals surface area contributed by atoms with E-state index in [0.717, 1.165) is 11.2 Å². The molecule has 0 saturated heterocycles. The second-order valence-corrected chi connectivity index (χ2v) is 3.54. The van der Waals surface area contributed by atoms with Crippen LogP contribution in [0.25, 0.3) is 11.0 Å². The van der Waals surface area contributed by atoms with Gasteiger partial charge in [-0.25, -0.2) is 0 Å². The Hall–Kier alpha value is -1.09. The van der Waals surface area contributed by atoms with Crippen molar-refractivity contribution in [2.45, 2.75) is 13.3 Å². The van der Waals surface area contributed by atoms with Crippen LogP contribution in [0.2, 0.25) is 0 Å². The zero-order valence-electron chi connectivity index (χ0n) is 7.79. The maximum Gasteiger partial charge on any atom is 0.177 e. The second kappa shape index (κ2) is 3.00. The number of aromatic amines is 1. The molecule has 1 aromatic heterocycles. The fourth-order valence-electron chi connectivity index (χ4n) is 1.61. The number of rotatable bonds is 1. The van der Waals surface area contributed by atoms with E-state index in [1.54, 1.807) is 0 Å². The van der Waals surface area contributed by atoms with Crippen LogP contribution in [-0.4, -0.2) is 9.55 Å². The molecule has 0 unspecified atom stereocenters. The highest BCUT2D eigenvalue weighted by Gasteiger charge is 2.03. The van der Waals surface area contributed by atoms with Crippen molar-refractivity contribution in [2.24, 2.45) is 7.05 Å². The number of fused-ring (bicyclic) bond motifs is 1. The number of hydrogen-bond acceptors (Lipinski definition) is 1. The Morgan fingerprint density at radius 2 is 2.23 bits per heavy atom. The van der Waals surface area contributed by atoms with Gasteiger partial charge in [-0.2, -0.15) is 0 Å². The van der Waals surface area contributed by atoms with Crippen molar-refractivity contribution in [3.05, 3.63) is 28.5 Å². The van der Waals surface area contributed by atoms with Crippen LogP contribution in [0.1, 0.15) is 12.5 Å². The molecule has 0 spiro atoms. The number of imidazole rings is 1. The van der Waals surface area contributed by atoms with E-state index in [1.165, 1.54) is 16.6 Å². The molecule has 2 rings (SSSR count). The molecule has 2 nitrogen and oxygen atoms in total. The van der Waals surface area contributed by atoms with E-state index in [9.17, 15) is 0 Å². The Bertz CT molecular complexity index is 493. The quantitative estimate of drug-likeness (QED) is 0.689. The topological polar surface area (TPSA) is 20.7 Å². The van der Waals surface area contributed by atoms with Crippen molar-refractivity contribution in [3.63, 3.8) is 0 Å². The lowest BCUT2D eigenvalue weighted by molar-refractivity contribution is 0.927. The summed E-state index contributed by atoms with van der Waals surface area (Å²) in [6.07, 6.45) is 1.03. The molecule has 0 bridgehead atoms. The average molecular weight is 192 g/mol. The molecule has 1 aromatic carbocycles. The largest absolute Gasteiger partial charge is 0.330 e. The standard InChI is InChI=1S/C10H12N2S/c1-3-7-5-4-6-8-9(7)11-10(13)12(8)2/h4-6H,3H2,1-2H3,(H,11,13). The van der Waals surface area contributed by atoms with Gasteiger partial charge < -0.3 is 9.55 Å². The minimum absolute atomic E-state index is 0.788. The van der Waals surface area contributed by atoms with Crippen LogP contribution < -0.4 is 0 Å². The molecule has 0 aliphatic rings. The number of aryl methyl sites for hydroxylation is 2. The van der Waals surface area contributed by atoms with E-state index in [-0.39, 0.29) is 0 Å². The molecule has 1 heterocycles. The van der Waals surface area contributed by atoms with Crippen molar-refractivity contribution >= 4 is 23.3 Å². The summed E-state index contributed by atoms with van der Waals surface area (Å²) >= 11 is 5.17. The Morgan fingerprint density at radius 3 is 2.92 bits per heavy atom. The van der Waals surface area contributed by atoms with Gasteiger partial charge >= 0.3 is 0 Å². The van der Waals surface area contributed by atoms with Gasteiger partial charge in [0.15, 0.2) is 4.77 Å². The van der Waals surface area contributed by atoms with E-state index < -0.39 is 0 Å². The van der Waals surface area contributed by atoms with Gasteiger partial charge in [0.05, 0.1) is 11.0 Å². The van der Waals surface area contributed by atoms with Gasteiger partial charge in [0.1, 0.15) is 0 Å². The molecule has 0 radical (unpaired) electrons. The van der Waals surface area contributed by atoms with Crippen molar-refractivity contribution in [2.75, 3.05) is 0 Å². The molecule has 0 aliphatic carbocycles. The summed E-state index contributed by atoms with van der Waals surface area (Å²) in [5.41, 5.74) is 3.69. The molecular formula is C10H12N2S. The molecule has 13 heavy (non-hydrogen) atoms. The number of nitrogens with zero attached hydrogens (tertiary/aromatic N) is 1. The normalized spacial score (nSPS) is 10.9. The molecule has 0 fully saturated rings. The maximum atomic E-state index is 5.17. The summed E-state index contributed by atoms with van der Waals surface area (Å²) < 4.78 is 2.79. The van der Waals surface area contributed by atoms with E-state index in [1.807, 2.05) is 11.6 Å². The third-order valence-corrected chi connectivity index (χ3v) is 2.78. The van der Waals surface area contributed by atoms with E-state index in [4.69, 9.17) is 12.2 Å². The summed E-state index contributed by atoms with van der Waals surface area (Å²) in [7, 11) is 1.99. The number of benzene rings is 1. The lowest BCUT2D eigenvalue weighted by Gasteiger charge is -1.98. The fourth-order valence-corrected chi connectivity index (χ4v) is 1.81. The fraction of sp³-hybridized carbons (Fsp3) is 0.300. The van der Waals surface area contributed by atoms with Crippen molar-refractivity contribution in [3.8, 4) is 0 Å². The molecule has 0 atom stereocenters.